The van der Waals surface area contributed by atoms with Crippen LogP contribution in [-0.2, 0) is 9.53 Å². The third-order valence-electron chi connectivity index (χ3n) is 3.37. The molecule has 0 aromatic heterocycles. The van der Waals surface area contributed by atoms with Crippen molar-refractivity contribution >= 4 is 5.97 Å². The second-order valence-corrected chi connectivity index (χ2v) is 4.28. The van der Waals surface area contributed by atoms with E-state index in [0.29, 0.717) is 11.8 Å². The zero-order chi connectivity index (χ0) is 9.42. The van der Waals surface area contributed by atoms with Gasteiger partial charge >= 0.3 is 5.97 Å². The Morgan fingerprint density at radius 1 is 1.31 bits per heavy atom. The Hall–Kier alpha value is -0.570. The molecular formula is C10H16O3. The molecule has 3 saturated carbocycles. The molecule has 13 heavy (non-hydrogen) atoms. The number of hydrogen-bond donors (Lipinski definition) is 1. The summed E-state index contributed by atoms with van der Waals surface area (Å²) in [6.07, 6.45) is 3.84. The van der Waals surface area contributed by atoms with Crippen LogP contribution >= 0.6 is 0 Å². The standard InChI is InChI=1S/C10H16O3/c1-6(11)13-10-5-7-2-3-8(10)4-9(7)12/h7-10,12H,2-5H2,1H3/t7-,8-,9-,10+/m0/s1. The molecule has 0 aromatic rings. The monoisotopic (exact) mass is 184 g/mol. The first-order chi connectivity index (χ1) is 6.16. The number of rotatable bonds is 1. The highest BCUT2D eigenvalue weighted by Gasteiger charge is 2.42. The van der Waals surface area contributed by atoms with Gasteiger partial charge < -0.3 is 9.84 Å². The van der Waals surface area contributed by atoms with Crippen LogP contribution in [-0.4, -0.2) is 23.3 Å². The van der Waals surface area contributed by atoms with Crippen LogP contribution in [0.4, 0.5) is 0 Å². The summed E-state index contributed by atoms with van der Waals surface area (Å²) in [6.45, 7) is 1.46. The molecule has 2 bridgehead atoms. The molecule has 0 spiro atoms. The van der Waals surface area contributed by atoms with Crippen LogP contribution < -0.4 is 0 Å². The van der Waals surface area contributed by atoms with Gasteiger partial charge in [0.25, 0.3) is 0 Å². The molecule has 3 heteroatoms. The summed E-state index contributed by atoms with van der Waals surface area (Å²) in [7, 11) is 0. The van der Waals surface area contributed by atoms with Gasteiger partial charge in [0, 0.05) is 6.92 Å². The lowest BCUT2D eigenvalue weighted by atomic mass is 9.67. The largest absolute Gasteiger partial charge is 0.462 e. The van der Waals surface area contributed by atoms with Crippen molar-refractivity contribution in [3.63, 3.8) is 0 Å². The second kappa shape index (κ2) is 3.29. The molecule has 4 atom stereocenters. The SMILES string of the molecule is CC(=O)O[C@@H]1C[C@@H]2CC[C@H]1C[C@@H]2O. The van der Waals surface area contributed by atoms with E-state index in [9.17, 15) is 9.90 Å². The van der Waals surface area contributed by atoms with Crippen LogP contribution in [0.2, 0.25) is 0 Å². The Bertz CT molecular complexity index is 214. The minimum Gasteiger partial charge on any atom is -0.462 e. The quantitative estimate of drug-likeness (QED) is 0.621. The van der Waals surface area contributed by atoms with Gasteiger partial charge in [-0.15, -0.1) is 0 Å². The van der Waals surface area contributed by atoms with Gasteiger partial charge in [-0.2, -0.15) is 0 Å². The molecule has 0 radical (unpaired) electrons. The number of carbonyl (C=O) groups is 1. The lowest BCUT2D eigenvalue weighted by molar-refractivity contribution is -0.160. The highest BCUT2D eigenvalue weighted by molar-refractivity contribution is 5.66. The Labute approximate surface area is 78.1 Å². The van der Waals surface area contributed by atoms with Crippen molar-refractivity contribution in [3.05, 3.63) is 0 Å². The number of aliphatic hydroxyl groups excluding tert-OH is 1. The van der Waals surface area contributed by atoms with Gasteiger partial charge in [-0.25, -0.2) is 0 Å². The molecule has 3 aliphatic carbocycles. The van der Waals surface area contributed by atoms with Crippen molar-refractivity contribution < 1.29 is 14.6 Å². The predicted octanol–water partition coefficient (Wildman–Crippen LogP) is 1.10. The average molecular weight is 184 g/mol. The molecule has 0 aromatic carbocycles. The van der Waals surface area contributed by atoms with Crippen LogP contribution in [0, 0.1) is 11.8 Å². The number of ether oxygens (including phenoxy) is 1. The maximum Gasteiger partial charge on any atom is 0.302 e. The van der Waals surface area contributed by atoms with E-state index < -0.39 is 0 Å². The minimum absolute atomic E-state index is 0.0830. The van der Waals surface area contributed by atoms with Gasteiger partial charge in [0.15, 0.2) is 0 Å². The molecule has 0 heterocycles. The van der Waals surface area contributed by atoms with Crippen molar-refractivity contribution in [1.29, 1.82) is 0 Å². The first kappa shape index (κ1) is 9.00. The Kier molecular flexibility index (Phi) is 2.28. The highest BCUT2D eigenvalue weighted by Crippen LogP contribution is 2.42. The Balaban J connectivity index is 1.98. The summed E-state index contributed by atoms with van der Waals surface area (Å²) in [5.41, 5.74) is 0. The van der Waals surface area contributed by atoms with Gasteiger partial charge in [-0.05, 0) is 37.5 Å². The summed E-state index contributed by atoms with van der Waals surface area (Å²) in [5, 5.41) is 9.61. The second-order valence-electron chi connectivity index (χ2n) is 4.28. The van der Waals surface area contributed by atoms with E-state index in [1.165, 1.54) is 6.92 Å². The first-order valence-electron chi connectivity index (χ1n) is 5.02. The summed E-state index contributed by atoms with van der Waals surface area (Å²) in [4.78, 5) is 10.8. The van der Waals surface area contributed by atoms with Crippen molar-refractivity contribution in [2.75, 3.05) is 0 Å². The van der Waals surface area contributed by atoms with Crippen LogP contribution in [0.15, 0.2) is 0 Å². The fraction of sp³-hybridized carbons (Fsp3) is 0.900. The summed E-state index contributed by atoms with van der Waals surface area (Å²) >= 11 is 0. The van der Waals surface area contributed by atoms with Crippen LogP contribution in [0.1, 0.15) is 32.6 Å². The lowest BCUT2D eigenvalue weighted by Crippen LogP contribution is -2.45. The van der Waals surface area contributed by atoms with Crippen molar-refractivity contribution in [2.24, 2.45) is 11.8 Å². The normalized spacial score (nSPS) is 43.2. The number of aliphatic hydroxyl groups is 1. The maximum atomic E-state index is 10.8. The molecule has 1 N–H and O–H groups in total. The molecule has 3 rings (SSSR count). The van der Waals surface area contributed by atoms with Gasteiger partial charge in [0.05, 0.1) is 6.10 Å². The van der Waals surface area contributed by atoms with Crippen molar-refractivity contribution in [3.8, 4) is 0 Å². The highest BCUT2D eigenvalue weighted by atomic mass is 16.5. The van der Waals surface area contributed by atoms with E-state index in [4.69, 9.17) is 4.74 Å². The number of fused-ring (bicyclic) bond motifs is 3. The topological polar surface area (TPSA) is 46.5 Å². The Morgan fingerprint density at radius 2 is 2.00 bits per heavy atom. The fourth-order valence-corrected chi connectivity index (χ4v) is 2.70. The molecule has 3 fully saturated rings. The average Bonchev–Trinajstić information content (AvgIpc) is 2.05. The molecule has 0 amide bonds. The zero-order valence-corrected chi connectivity index (χ0v) is 7.90. The molecule has 0 aliphatic heterocycles. The number of esters is 1. The molecule has 3 nitrogen and oxygen atoms in total. The lowest BCUT2D eigenvalue weighted by Gasteiger charge is -2.44. The van der Waals surface area contributed by atoms with Crippen LogP contribution in [0.25, 0.3) is 0 Å². The molecule has 74 valence electrons. The van der Waals surface area contributed by atoms with Crippen molar-refractivity contribution in [1.82, 2.24) is 0 Å². The van der Waals surface area contributed by atoms with Gasteiger partial charge in [0.1, 0.15) is 6.10 Å². The van der Waals surface area contributed by atoms with E-state index in [2.05, 4.69) is 0 Å². The first-order valence-corrected chi connectivity index (χ1v) is 5.02. The maximum absolute atomic E-state index is 10.8. The third-order valence-corrected chi connectivity index (χ3v) is 3.37. The third kappa shape index (κ3) is 1.70. The minimum atomic E-state index is -0.188. The van der Waals surface area contributed by atoms with E-state index >= 15 is 0 Å². The fourth-order valence-electron chi connectivity index (χ4n) is 2.70. The van der Waals surface area contributed by atoms with E-state index in [0.717, 1.165) is 25.7 Å². The van der Waals surface area contributed by atoms with Crippen molar-refractivity contribution in [2.45, 2.75) is 44.8 Å². The molecule has 0 saturated heterocycles. The number of carbonyl (C=O) groups excluding carboxylic acids is 1. The molecule has 0 unspecified atom stereocenters. The zero-order valence-electron chi connectivity index (χ0n) is 7.90. The predicted molar refractivity (Wildman–Crippen MR) is 47.0 cm³/mol. The summed E-state index contributed by atoms with van der Waals surface area (Å²) in [5.74, 6) is 0.588. The number of hydrogen-bond acceptors (Lipinski definition) is 3. The van der Waals surface area contributed by atoms with Gasteiger partial charge in [0.2, 0.25) is 0 Å². The Morgan fingerprint density at radius 3 is 2.46 bits per heavy atom. The van der Waals surface area contributed by atoms with Crippen LogP contribution in [0.3, 0.4) is 0 Å². The van der Waals surface area contributed by atoms with E-state index in [-0.39, 0.29) is 18.2 Å². The summed E-state index contributed by atoms with van der Waals surface area (Å²) < 4.78 is 5.22. The molecular weight excluding hydrogens is 168 g/mol. The van der Waals surface area contributed by atoms with Gasteiger partial charge in [-0.1, -0.05) is 0 Å². The molecule has 3 aliphatic rings. The van der Waals surface area contributed by atoms with E-state index in [1.807, 2.05) is 0 Å². The van der Waals surface area contributed by atoms with Crippen LogP contribution in [0.5, 0.6) is 0 Å². The summed E-state index contributed by atoms with van der Waals surface area (Å²) in [6, 6.07) is 0. The smallest absolute Gasteiger partial charge is 0.302 e. The van der Waals surface area contributed by atoms with Gasteiger partial charge in [-0.3, -0.25) is 4.79 Å². The van der Waals surface area contributed by atoms with E-state index in [1.54, 1.807) is 0 Å².